The van der Waals surface area contributed by atoms with Gasteiger partial charge in [-0.1, -0.05) is 13.3 Å². The van der Waals surface area contributed by atoms with Crippen LogP contribution >= 0.6 is 0 Å². The second kappa shape index (κ2) is 4.42. The van der Waals surface area contributed by atoms with Gasteiger partial charge in [0, 0.05) is 6.54 Å². The van der Waals surface area contributed by atoms with Gasteiger partial charge in [0.25, 0.3) is 0 Å². The Hall–Kier alpha value is -0.0800. The SMILES string of the molecule is CCNCC(C)(O)CC1CC2CCC1C2. The normalized spacial score (nSPS) is 38.2. The molecule has 2 saturated carbocycles. The standard InChI is InChI=1S/C13H25NO/c1-3-14-9-13(2,15)8-12-7-10-4-5-11(12)6-10/h10-12,14-15H,3-9H2,1-2H3. The van der Waals surface area contributed by atoms with Gasteiger partial charge in [-0.3, -0.25) is 0 Å². The zero-order valence-electron chi connectivity index (χ0n) is 10.1. The van der Waals surface area contributed by atoms with E-state index in [1.54, 1.807) is 0 Å². The van der Waals surface area contributed by atoms with Gasteiger partial charge < -0.3 is 10.4 Å². The van der Waals surface area contributed by atoms with Crippen molar-refractivity contribution in [2.45, 2.75) is 51.6 Å². The number of nitrogens with one attached hydrogen (secondary N) is 1. The first-order chi connectivity index (χ1) is 7.11. The molecule has 2 N–H and O–H groups in total. The lowest BCUT2D eigenvalue weighted by atomic mass is 9.81. The van der Waals surface area contributed by atoms with E-state index in [9.17, 15) is 5.11 Å². The highest BCUT2D eigenvalue weighted by Crippen LogP contribution is 2.50. The summed E-state index contributed by atoms with van der Waals surface area (Å²) >= 11 is 0. The first kappa shape index (κ1) is 11.4. The van der Waals surface area contributed by atoms with Crippen LogP contribution in [0.15, 0.2) is 0 Å². The van der Waals surface area contributed by atoms with Gasteiger partial charge in [-0.2, -0.15) is 0 Å². The van der Waals surface area contributed by atoms with Gasteiger partial charge >= 0.3 is 0 Å². The monoisotopic (exact) mass is 211 g/mol. The van der Waals surface area contributed by atoms with Gasteiger partial charge in [0.05, 0.1) is 5.60 Å². The summed E-state index contributed by atoms with van der Waals surface area (Å²) in [6.45, 7) is 5.78. The molecule has 0 radical (unpaired) electrons. The highest BCUT2D eigenvalue weighted by molar-refractivity contribution is 4.93. The average molecular weight is 211 g/mol. The van der Waals surface area contributed by atoms with E-state index in [2.05, 4.69) is 12.2 Å². The molecule has 0 amide bonds. The molecule has 0 aliphatic heterocycles. The Labute approximate surface area is 93.5 Å². The van der Waals surface area contributed by atoms with E-state index < -0.39 is 5.60 Å². The molecular formula is C13H25NO. The average Bonchev–Trinajstić information content (AvgIpc) is 2.75. The van der Waals surface area contributed by atoms with Crippen LogP contribution < -0.4 is 5.32 Å². The third-order valence-electron chi connectivity index (χ3n) is 4.34. The lowest BCUT2D eigenvalue weighted by molar-refractivity contribution is 0.0252. The van der Waals surface area contributed by atoms with Gasteiger partial charge in [0.1, 0.15) is 0 Å². The zero-order valence-corrected chi connectivity index (χ0v) is 10.1. The summed E-state index contributed by atoms with van der Waals surface area (Å²) < 4.78 is 0. The minimum atomic E-state index is -0.495. The molecule has 2 aliphatic carbocycles. The Morgan fingerprint density at radius 1 is 1.33 bits per heavy atom. The van der Waals surface area contributed by atoms with Crippen LogP contribution in [0, 0.1) is 17.8 Å². The largest absolute Gasteiger partial charge is 0.389 e. The Morgan fingerprint density at radius 2 is 2.13 bits per heavy atom. The molecule has 0 heterocycles. The first-order valence-corrected chi connectivity index (χ1v) is 6.54. The molecule has 2 aliphatic rings. The summed E-state index contributed by atoms with van der Waals surface area (Å²) in [5, 5.41) is 13.5. The van der Waals surface area contributed by atoms with E-state index >= 15 is 0 Å². The van der Waals surface area contributed by atoms with Crippen LogP contribution in [-0.4, -0.2) is 23.8 Å². The molecule has 0 aromatic heterocycles. The van der Waals surface area contributed by atoms with Crippen molar-refractivity contribution < 1.29 is 5.11 Å². The van der Waals surface area contributed by atoms with Gasteiger partial charge in [0.2, 0.25) is 0 Å². The minimum Gasteiger partial charge on any atom is -0.389 e. The summed E-state index contributed by atoms with van der Waals surface area (Å²) in [7, 11) is 0. The lowest BCUT2D eigenvalue weighted by Crippen LogP contribution is -2.40. The Morgan fingerprint density at radius 3 is 2.67 bits per heavy atom. The molecule has 15 heavy (non-hydrogen) atoms. The van der Waals surface area contributed by atoms with Crippen molar-refractivity contribution in [1.82, 2.24) is 5.32 Å². The Kier molecular flexibility index (Phi) is 3.36. The second-order valence-electron chi connectivity index (χ2n) is 5.92. The van der Waals surface area contributed by atoms with E-state index in [1.165, 1.54) is 25.7 Å². The third kappa shape index (κ3) is 2.73. The van der Waals surface area contributed by atoms with Crippen molar-refractivity contribution in [3.8, 4) is 0 Å². The summed E-state index contributed by atoms with van der Waals surface area (Å²) in [5.41, 5.74) is -0.495. The maximum atomic E-state index is 10.3. The topological polar surface area (TPSA) is 32.3 Å². The smallest absolute Gasteiger partial charge is 0.0746 e. The number of hydrogen-bond acceptors (Lipinski definition) is 2. The fraction of sp³-hybridized carbons (Fsp3) is 1.00. The lowest BCUT2D eigenvalue weighted by Gasteiger charge is -2.31. The van der Waals surface area contributed by atoms with Crippen molar-refractivity contribution >= 4 is 0 Å². The molecule has 0 spiro atoms. The van der Waals surface area contributed by atoms with Crippen LogP contribution in [0.5, 0.6) is 0 Å². The van der Waals surface area contributed by atoms with E-state index in [-0.39, 0.29) is 0 Å². The van der Waals surface area contributed by atoms with E-state index in [4.69, 9.17) is 0 Å². The predicted molar refractivity (Wildman–Crippen MR) is 62.7 cm³/mol. The fourth-order valence-corrected chi connectivity index (χ4v) is 3.66. The van der Waals surface area contributed by atoms with Gasteiger partial charge in [0.15, 0.2) is 0 Å². The fourth-order valence-electron chi connectivity index (χ4n) is 3.66. The number of aliphatic hydroxyl groups is 1. The van der Waals surface area contributed by atoms with Crippen molar-refractivity contribution in [3.05, 3.63) is 0 Å². The van der Waals surface area contributed by atoms with Crippen LogP contribution in [-0.2, 0) is 0 Å². The molecule has 4 unspecified atom stereocenters. The first-order valence-electron chi connectivity index (χ1n) is 6.54. The summed E-state index contributed by atoms with van der Waals surface area (Å²) in [5.74, 6) is 2.73. The van der Waals surface area contributed by atoms with Crippen molar-refractivity contribution in [3.63, 3.8) is 0 Å². The maximum absolute atomic E-state index is 10.3. The predicted octanol–water partition coefficient (Wildman–Crippen LogP) is 2.17. The molecule has 4 atom stereocenters. The summed E-state index contributed by atoms with van der Waals surface area (Å²) in [6.07, 6.45) is 6.71. The molecule has 2 fully saturated rings. The molecule has 0 saturated heterocycles. The highest BCUT2D eigenvalue weighted by Gasteiger charge is 2.41. The molecule has 0 aromatic rings. The quantitative estimate of drug-likeness (QED) is 0.730. The number of fused-ring (bicyclic) bond motifs is 2. The van der Waals surface area contributed by atoms with E-state index in [0.29, 0.717) is 0 Å². The van der Waals surface area contributed by atoms with E-state index in [0.717, 1.165) is 37.3 Å². The molecule has 88 valence electrons. The number of rotatable bonds is 5. The molecule has 2 nitrogen and oxygen atoms in total. The zero-order chi connectivity index (χ0) is 10.9. The second-order valence-corrected chi connectivity index (χ2v) is 5.92. The van der Waals surface area contributed by atoms with Crippen LogP contribution in [0.25, 0.3) is 0 Å². The molecule has 0 aromatic carbocycles. The minimum absolute atomic E-state index is 0.495. The highest BCUT2D eigenvalue weighted by atomic mass is 16.3. The molecular weight excluding hydrogens is 186 g/mol. The molecule has 2 rings (SSSR count). The van der Waals surface area contributed by atoms with Crippen LogP contribution in [0.4, 0.5) is 0 Å². The van der Waals surface area contributed by atoms with Gasteiger partial charge in [-0.25, -0.2) is 0 Å². The van der Waals surface area contributed by atoms with Crippen LogP contribution in [0.3, 0.4) is 0 Å². The van der Waals surface area contributed by atoms with Crippen molar-refractivity contribution in [1.29, 1.82) is 0 Å². The van der Waals surface area contributed by atoms with Crippen molar-refractivity contribution in [2.24, 2.45) is 17.8 Å². The van der Waals surface area contributed by atoms with Crippen molar-refractivity contribution in [2.75, 3.05) is 13.1 Å². The third-order valence-corrected chi connectivity index (χ3v) is 4.34. The summed E-state index contributed by atoms with van der Waals surface area (Å²) in [6, 6.07) is 0. The Balaban J connectivity index is 1.80. The summed E-state index contributed by atoms with van der Waals surface area (Å²) in [4.78, 5) is 0. The van der Waals surface area contributed by atoms with E-state index in [1.807, 2.05) is 6.92 Å². The van der Waals surface area contributed by atoms with Gasteiger partial charge in [-0.05, 0) is 56.9 Å². The number of likely N-dealkylation sites (N-methyl/N-ethyl adjacent to an activating group) is 1. The van der Waals surface area contributed by atoms with Gasteiger partial charge in [-0.15, -0.1) is 0 Å². The molecule has 2 heteroatoms. The molecule has 2 bridgehead atoms. The Bertz CT molecular complexity index is 215. The van der Waals surface area contributed by atoms with Crippen LogP contribution in [0.2, 0.25) is 0 Å². The maximum Gasteiger partial charge on any atom is 0.0746 e. The number of hydrogen-bond donors (Lipinski definition) is 2. The van der Waals surface area contributed by atoms with Crippen LogP contribution in [0.1, 0.15) is 46.0 Å².